The first-order chi connectivity index (χ1) is 4.91. The molecule has 0 heterocycles. The second-order valence-electron chi connectivity index (χ2n) is 1.60. The van der Waals surface area contributed by atoms with Crippen molar-refractivity contribution < 1.29 is 53.6 Å². The summed E-state index contributed by atoms with van der Waals surface area (Å²) in [5.41, 5.74) is 0. The molecule has 0 unspecified atom stereocenters. The first-order valence-corrected chi connectivity index (χ1v) is 4.23. The molecule has 0 amide bonds. The summed E-state index contributed by atoms with van der Waals surface area (Å²) in [6, 6.07) is 0. The van der Waals surface area contributed by atoms with Crippen molar-refractivity contribution in [3.8, 4) is 0 Å². The first kappa shape index (κ1) is 18.4. The van der Waals surface area contributed by atoms with Crippen LogP contribution in [0.2, 0.25) is 0 Å². The Bertz CT molecular complexity index is 173. The molecule has 0 aliphatic carbocycles. The fourth-order valence-electron chi connectivity index (χ4n) is 0.236. The molecule has 0 bridgehead atoms. The maximum Gasteiger partial charge on any atom is 1.00 e. The Morgan fingerprint density at radius 2 is 1.75 bits per heavy atom. The van der Waals surface area contributed by atoms with Gasteiger partial charge < -0.3 is 6.53 Å². The molecule has 0 rings (SSSR count). The standard InChI is InChI=1S/C5H10O.Na.H2O4S.H/c1-2-3-4-5-6;;1-5(2,3)4;/h2,6H,1,3-5H2;;(H2,1,2,3,4);/q;+1;;-1. The van der Waals surface area contributed by atoms with Crippen molar-refractivity contribution >= 4 is 10.4 Å². The number of rotatable bonds is 3. The Morgan fingerprint density at radius 1 is 1.42 bits per heavy atom. The van der Waals surface area contributed by atoms with E-state index in [1.54, 1.807) is 6.08 Å². The minimum absolute atomic E-state index is 0. The van der Waals surface area contributed by atoms with E-state index in [2.05, 4.69) is 6.58 Å². The summed E-state index contributed by atoms with van der Waals surface area (Å²) in [5, 5.41) is 8.15. The molecule has 0 aromatic rings. The summed E-state index contributed by atoms with van der Waals surface area (Å²) in [6.45, 7) is 3.77. The third-order valence-electron chi connectivity index (χ3n) is 0.566. The zero-order valence-electron chi connectivity index (χ0n) is 7.97. The van der Waals surface area contributed by atoms with E-state index >= 15 is 0 Å². The van der Waals surface area contributed by atoms with Gasteiger partial charge in [-0.3, -0.25) is 9.11 Å². The van der Waals surface area contributed by atoms with Gasteiger partial charge >= 0.3 is 40.0 Å². The van der Waals surface area contributed by atoms with Crippen LogP contribution in [-0.4, -0.2) is 29.2 Å². The first-order valence-electron chi connectivity index (χ1n) is 2.83. The average Bonchev–Trinajstić information content (AvgIpc) is 1.79. The fraction of sp³-hybridized carbons (Fsp3) is 0.600. The van der Waals surface area contributed by atoms with Gasteiger partial charge in [-0.15, -0.1) is 6.58 Å². The van der Waals surface area contributed by atoms with Crippen molar-refractivity contribution in [1.82, 2.24) is 0 Å². The van der Waals surface area contributed by atoms with E-state index in [0.29, 0.717) is 0 Å². The van der Waals surface area contributed by atoms with Crippen LogP contribution in [0.1, 0.15) is 14.3 Å². The minimum Gasteiger partial charge on any atom is -1.00 e. The van der Waals surface area contributed by atoms with Gasteiger partial charge in [-0.25, -0.2) is 0 Å². The molecule has 12 heavy (non-hydrogen) atoms. The van der Waals surface area contributed by atoms with Crippen LogP contribution in [0.3, 0.4) is 0 Å². The number of aliphatic hydroxyl groups is 1. The molecule has 0 aromatic heterocycles. The topological polar surface area (TPSA) is 94.8 Å². The van der Waals surface area contributed by atoms with Crippen LogP contribution < -0.4 is 29.6 Å². The molecule has 0 atom stereocenters. The second kappa shape index (κ2) is 11.6. The van der Waals surface area contributed by atoms with Gasteiger partial charge in [0, 0.05) is 6.61 Å². The van der Waals surface area contributed by atoms with E-state index in [4.69, 9.17) is 22.6 Å². The van der Waals surface area contributed by atoms with Gasteiger partial charge in [-0.2, -0.15) is 8.42 Å². The summed E-state index contributed by atoms with van der Waals surface area (Å²) in [6.07, 6.45) is 3.58. The minimum atomic E-state index is -4.67. The summed E-state index contributed by atoms with van der Waals surface area (Å²) in [7, 11) is -4.67. The van der Waals surface area contributed by atoms with Gasteiger partial charge in [0.05, 0.1) is 0 Å². The molecular weight excluding hydrogens is 195 g/mol. The number of hydrogen-bond acceptors (Lipinski definition) is 3. The van der Waals surface area contributed by atoms with Crippen LogP contribution in [-0.2, 0) is 10.4 Å². The van der Waals surface area contributed by atoms with Crippen LogP contribution >= 0.6 is 0 Å². The predicted molar refractivity (Wildman–Crippen MR) is 41.8 cm³/mol. The van der Waals surface area contributed by atoms with Gasteiger partial charge in [0.15, 0.2) is 0 Å². The molecule has 0 saturated heterocycles. The normalized spacial score (nSPS) is 8.92. The van der Waals surface area contributed by atoms with Crippen LogP contribution in [0, 0.1) is 0 Å². The number of allylic oxidation sites excluding steroid dienone is 1. The Hall–Kier alpha value is 0.570. The van der Waals surface area contributed by atoms with Crippen molar-refractivity contribution in [2.24, 2.45) is 0 Å². The van der Waals surface area contributed by atoms with Gasteiger partial charge in [-0.05, 0) is 12.8 Å². The number of aliphatic hydroxyl groups excluding tert-OH is 1. The molecule has 0 saturated carbocycles. The monoisotopic (exact) mass is 208 g/mol. The van der Waals surface area contributed by atoms with Crippen LogP contribution in [0.15, 0.2) is 12.7 Å². The Balaban J connectivity index is -0.0000000546. The third-order valence-corrected chi connectivity index (χ3v) is 0.566. The molecule has 0 aromatic carbocycles. The molecule has 7 heteroatoms. The molecule has 0 fully saturated rings. The molecule has 70 valence electrons. The Labute approximate surface area is 95.8 Å². The maximum atomic E-state index is 8.74. The fourth-order valence-corrected chi connectivity index (χ4v) is 0.236. The summed E-state index contributed by atoms with van der Waals surface area (Å²) in [5.74, 6) is 0. The van der Waals surface area contributed by atoms with Crippen molar-refractivity contribution in [1.29, 1.82) is 0 Å². The predicted octanol–water partition coefficient (Wildman–Crippen LogP) is -2.59. The van der Waals surface area contributed by atoms with E-state index < -0.39 is 10.4 Å². The molecule has 0 spiro atoms. The zero-order valence-corrected chi connectivity index (χ0v) is 9.79. The molecule has 5 nitrogen and oxygen atoms in total. The quantitative estimate of drug-likeness (QED) is 0.205. The summed E-state index contributed by atoms with van der Waals surface area (Å²) < 4.78 is 31.6. The summed E-state index contributed by atoms with van der Waals surface area (Å²) in [4.78, 5) is 0. The number of hydrogen-bond donors (Lipinski definition) is 3. The largest absolute Gasteiger partial charge is 1.00 e. The molecule has 3 N–H and O–H groups in total. The van der Waals surface area contributed by atoms with Crippen LogP contribution in [0.5, 0.6) is 0 Å². The molecule has 0 aliphatic rings. The van der Waals surface area contributed by atoms with Crippen LogP contribution in [0.4, 0.5) is 0 Å². The van der Waals surface area contributed by atoms with Crippen molar-refractivity contribution in [2.45, 2.75) is 12.8 Å². The van der Waals surface area contributed by atoms with Gasteiger partial charge in [0.25, 0.3) is 0 Å². The van der Waals surface area contributed by atoms with Gasteiger partial charge in [0.1, 0.15) is 0 Å². The molecule has 0 aliphatic heterocycles. The second-order valence-corrected chi connectivity index (χ2v) is 2.50. The van der Waals surface area contributed by atoms with Crippen molar-refractivity contribution in [2.75, 3.05) is 6.61 Å². The third kappa shape index (κ3) is 76.0. The Kier molecular flexibility index (Phi) is 17.7. The van der Waals surface area contributed by atoms with Gasteiger partial charge in [-0.1, -0.05) is 6.08 Å². The SMILES string of the molecule is C=CCCCO.O=S(=O)(O)O.[H-].[Na+]. The van der Waals surface area contributed by atoms with Crippen molar-refractivity contribution in [3.05, 3.63) is 12.7 Å². The maximum absolute atomic E-state index is 8.74. The van der Waals surface area contributed by atoms with Gasteiger partial charge in [0.2, 0.25) is 0 Å². The van der Waals surface area contributed by atoms with E-state index in [-0.39, 0.29) is 37.6 Å². The van der Waals surface area contributed by atoms with E-state index in [1.165, 1.54) is 0 Å². The number of unbranched alkanes of at least 4 members (excludes halogenated alkanes) is 1. The molecular formula is C5H13NaO5S. The smallest absolute Gasteiger partial charge is 1.00 e. The van der Waals surface area contributed by atoms with E-state index in [9.17, 15) is 0 Å². The summed E-state index contributed by atoms with van der Waals surface area (Å²) >= 11 is 0. The van der Waals surface area contributed by atoms with E-state index in [0.717, 1.165) is 12.8 Å². The Morgan fingerprint density at radius 3 is 1.83 bits per heavy atom. The molecule has 0 radical (unpaired) electrons. The van der Waals surface area contributed by atoms with Crippen LogP contribution in [0.25, 0.3) is 0 Å². The zero-order chi connectivity index (χ0) is 9.33. The average molecular weight is 208 g/mol. The van der Waals surface area contributed by atoms with E-state index in [1.807, 2.05) is 0 Å². The van der Waals surface area contributed by atoms with Crippen molar-refractivity contribution in [3.63, 3.8) is 0 Å².